The lowest BCUT2D eigenvalue weighted by molar-refractivity contribution is 0.0958. The van der Waals surface area contributed by atoms with Crippen LogP contribution in [0.5, 0.6) is 0 Å². The lowest BCUT2D eigenvalue weighted by Crippen LogP contribution is -2.25. The van der Waals surface area contributed by atoms with Crippen molar-refractivity contribution in [3.05, 3.63) is 60.8 Å². The van der Waals surface area contributed by atoms with Crippen LogP contribution in [0.3, 0.4) is 0 Å². The maximum atomic E-state index is 12.4. The van der Waals surface area contributed by atoms with E-state index in [9.17, 15) is 9.59 Å². The molecule has 1 aromatic carbocycles. The number of nitrogens with zero attached hydrogens (tertiary/aromatic N) is 1. The molecule has 0 unspecified atom stereocenters. The molecule has 7 heteroatoms. The summed E-state index contributed by atoms with van der Waals surface area (Å²) in [5, 5.41) is 7.62. The Morgan fingerprint density at radius 2 is 2.12 bits per heavy atom. The Hall–Kier alpha value is -2.51. The molecule has 0 aliphatic heterocycles. The van der Waals surface area contributed by atoms with Gasteiger partial charge in [-0.3, -0.25) is 9.59 Å². The van der Waals surface area contributed by atoms with E-state index < -0.39 is 0 Å². The number of hydrogen-bond acceptors (Lipinski definition) is 5. The van der Waals surface area contributed by atoms with Gasteiger partial charge in [-0.15, -0.1) is 11.3 Å². The summed E-state index contributed by atoms with van der Waals surface area (Å²) in [4.78, 5) is 32.7. The highest BCUT2D eigenvalue weighted by molar-refractivity contribution is 7.12. The highest BCUT2D eigenvalue weighted by atomic mass is 32.1. The number of carbonyl (C=O) groups excluding carboxylic acids is 1. The Balaban J connectivity index is 1.59. The predicted octanol–water partition coefficient (Wildman–Crippen LogP) is 3.48. The smallest absolute Gasteiger partial charge is 0.261 e. The second-order valence-corrected chi connectivity index (χ2v) is 7.70. The number of aryl methyl sites for hydroxylation is 1. The summed E-state index contributed by atoms with van der Waals surface area (Å²) in [6.07, 6.45) is 0.689. The standard InChI is InChI=1S/C18H15N3O2S2/c1-10-9-24-15(20-10)6-7-19-17(22)14-8-12-11-4-2-3-5-13(11)21-16(12)18(23)25-14/h2-5,8-9,21H,6-7H2,1H3,(H,19,22). The molecule has 0 aliphatic carbocycles. The van der Waals surface area contributed by atoms with Gasteiger partial charge in [0.1, 0.15) is 5.52 Å². The van der Waals surface area contributed by atoms with Crippen LogP contribution >= 0.6 is 22.7 Å². The van der Waals surface area contributed by atoms with Crippen molar-refractivity contribution >= 4 is 50.4 Å². The first kappa shape index (κ1) is 16.0. The first-order valence-corrected chi connectivity index (χ1v) is 9.55. The maximum absolute atomic E-state index is 12.4. The SMILES string of the molecule is Cc1csc(CCNC(=O)c2cc3c([nH]c4ccccc43)c(=O)s2)n1. The second-order valence-electron chi connectivity index (χ2n) is 5.75. The van der Waals surface area contributed by atoms with Gasteiger partial charge in [-0.25, -0.2) is 4.98 Å². The largest absolute Gasteiger partial charge is 0.351 e. The zero-order valence-corrected chi connectivity index (χ0v) is 15.1. The van der Waals surface area contributed by atoms with Gasteiger partial charge in [-0.1, -0.05) is 29.5 Å². The summed E-state index contributed by atoms with van der Waals surface area (Å²) in [6, 6.07) is 9.51. The first-order chi connectivity index (χ1) is 12.1. The maximum Gasteiger partial charge on any atom is 0.261 e. The number of fused-ring (bicyclic) bond motifs is 3. The van der Waals surface area contributed by atoms with Crippen LogP contribution in [0.1, 0.15) is 20.4 Å². The summed E-state index contributed by atoms with van der Waals surface area (Å²) in [5.74, 6) is -0.220. The van der Waals surface area contributed by atoms with Gasteiger partial charge >= 0.3 is 0 Å². The molecule has 0 aliphatic rings. The molecule has 0 atom stereocenters. The van der Waals surface area contributed by atoms with Gasteiger partial charge in [0, 0.05) is 40.3 Å². The lowest BCUT2D eigenvalue weighted by atomic mass is 10.2. The fraction of sp³-hybridized carbons (Fsp3) is 0.167. The minimum atomic E-state index is -0.220. The molecule has 5 nitrogen and oxygen atoms in total. The van der Waals surface area contributed by atoms with Crippen LogP contribution in [0.25, 0.3) is 21.8 Å². The van der Waals surface area contributed by atoms with Crippen molar-refractivity contribution in [2.24, 2.45) is 0 Å². The summed E-state index contributed by atoms with van der Waals surface area (Å²) >= 11 is 2.56. The fourth-order valence-electron chi connectivity index (χ4n) is 2.79. The van der Waals surface area contributed by atoms with E-state index in [1.54, 1.807) is 17.4 Å². The van der Waals surface area contributed by atoms with Crippen molar-refractivity contribution in [1.29, 1.82) is 0 Å². The van der Waals surface area contributed by atoms with Crippen LogP contribution in [-0.2, 0) is 6.42 Å². The first-order valence-electron chi connectivity index (χ1n) is 7.85. The van der Waals surface area contributed by atoms with Gasteiger partial charge in [-0.2, -0.15) is 0 Å². The second kappa shape index (κ2) is 6.42. The summed E-state index contributed by atoms with van der Waals surface area (Å²) in [6.45, 7) is 2.45. The fourth-order valence-corrected chi connectivity index (χ4v) is 4.37. The number of aromatic amines is 1. The van der Waals surface area contributed by atoms with Crippen LogP contribution in [0, 0.1) is 6.92 Å². The predicted molar refractivity (Wildman–Crippen MR) is 103 cm³/mol. The normalized spacial score (nSPS) is 11.2. The molecule has 126 valence electrons. The average Bonchev–Trinajstić information content (AvgIpc) is 3.18. The molecule has 0 spiro atoms. The number of para-hydroxylation sites is 1. The Labute approximate surface area is 151 Å². The topological polar surface area (TPSA) is 74.8 Å². The van der Waals surface area contributed by atoms with Crippen molar-refractivity contribution in [3.63, 3.8) is 0 Å². The number of amides is 1. The van der Waals surface area contributed by atoms with Gasteiger partial charge in [0.15, 0.2) is 0 Å². The molecule has 25 heavy (non-hydrogen) atoms. The molecule has 4 aromatic rings. The Kier molecular flexibility index (Phi) is 4.10. The van der Waals surface area contributed by atoms with Crippen molar-refractivity contribution in [1.82, 2.24) is 15.3 Å². The van der Waals surface area contributed by atoms with E-state index in [2.05, 4.69) is 15.3 Å². The Morgan fingerprint density at radius 3 is 2.92 bits per heavy atom. The minimum absolute atomic E-state index is 0.130. The van der Waals surface area contributed by atoms with E-state index in [0.717, 1.165) is 38.3 Å². The van der Waals surface area contributed by atoms with E-state index >= 15 is 0 Å². The van der Waals surface area contributed by atoms with Gasteiger partial charge < -0.3 is 10.3 Å². The molecule has 3 heterocycles. The molecule has 2 N–H and O–H groups in total. The van der Waals surface area contributed by atoms with E-state index in [4.69, 9.17) is 0 Å². The third-order valence-electron chi connectivity index (χ3n) is 3.94. The van der Waals surface area contributed by atoms with Gasteiger partial charge in [0.25, 0.3) is 10.6 Å². The van der Waals surface area contributed by atoms with Gasteiger partial charge in [0.05, 0.1) is 9.88 Å². The third kappa shape index (κ3) is 3.08. The summed E-state index contributed by atoms with van der Waals surface area (Å²) in [7, 11) is 0. The molecule has 0 bridgehead atoms. The van der Waals surface area contributed by atoms with Gasteiger partial charge in [-0.05, 0) is 19.1 Å². The Morgan fingerprint density at radius 1 is 1.28 bits per heavy atom. The molecule has 0 radical (unpaired) electrons. The van der Waals surface area contributed by atoms with Crippen LogP contribution in [0.2, 0.25) is 0 Å². The number of H-pyrrole nitrogens is 1. The van der Waals surface area contributed by atoms with Crippen LogP contribution in [-0.4, -0.2) is 22.4 Å². The van der Waals surface area contributed by atoms with Crippen molar-refractivity contribution < 1.29 is 4.79 Å². The van der Waals surface area contributed by atoms with Gasteiger partial charge in [0.2, 0.25) is 0 Å². The third-order valence-corrected chi connectivity index (χ3v) is 5.88. The molecule has 0 saturated heterocycles. The monoisotopic (exact) mass is 369 g/mol. The zero-order chi connectivity index (χ0) is 17.4. The minimum Gasteiger partial charge on any atom is -0.351 e. The average molecular weight is 369 g/mol. The van der Waals surface area contributed by atoms with E-state index in [1.807, 2.05) is 36.6 Å². The van der Waals surface area contributed by atoms with E-state index in [1.165, 1.54) is 0 Å². The van der Waals surface area contributed by atoms with Crippen molar-refractivity contribution in [2.75, 3.05) is 6.54 Å². The molecular weight excluding hydrogens is 354 g/mol. The number of carbonyl (C=O) groups is 1. The van der Waals surface area contributed by atoms with Crippen molar-refractivity contribution in [2.45, 2.75) is 13.3 Å². The summed E-state index contributed by atoms with van der Waals surface area (Å²) < 4.78 is -0.130. The van der Waals surface area contributed by atoms with Crippen LogP contribution in [0.15, 0.2) is 40.5 Å². The highest BCUT2D eigenvalue weighted by Crippen LogP contribution is 2.25. The molecule has 3 aromatic heterocycles. The molecule has 0 fully saturated rings. The number of rotatable bonds is 4. The van der Waals surface area contributed by atoms with E-state index in [0.29, 0.717) is 23.4 Å². The number of aromatic nitrogens is 2. The molecular formula is C18H15N3O2S2. The quantitative estimate of drug-likeness (QED) is 0.578. The van der Waals surface area contributed by atoms with E-state index in [-0.39, 0.29) is 10.6 Å². The number of thiazole rings is 1. The molecule has 4 rings (SSSR count). The molecule has 1 amide bonds. The van der Waals surface area contributed by atoms with Crippen LogP contribution in [0.4, 0.5) is 0 Å². The zero-order valence-electron chi connectivity index (χ0n) is 13.5. The number of hydrogen-bond donors (Lipinski definition) is 2. The van der Waals surface area contributed by atoms with Crippen molar-refractivity contribution in [3.8, 4) is 0 Å². The highest BCUT2D eigenvalue weighted by Gasteiger charge is 2.13. The summed E-state index contributed by atoms with van der Waals surface area (Å²) in [5.41, 5.74) is 2.45. The molecule has 0 saturated carbocycles. The van der Waals surface area contributed by atoms with Crippen LogP contribution < -0.4 is 10.1 Å². The Bertz CT molecular complexity index is 1140. The number of nitrogens with one attached hydrogen (secondary N) is 2. The number of benzene rings is 1. The lowest BCUT2D eigenvalue weighted by Gasteiger charge is -2.03.